The van der Waals surface area contributed by atoms with Gasteiger partial charge >= 0.3 is 11.9 Å². The number of halogens is 2. The topological polar surface area (TPSA) is 465 Å². The minimum atomic E-state index is -4.56. The molecular weight excluding hydrogens is 1210 g/mol. The van der Waals surface area contributed by atoms with E-state index >= 15 is 0 Å². The van der Waals surface area contributed by atoms with Crippen LogP contribution >= 0.6 is 23.2 Å². The van der Waals surface area contributed by atoms with E-state index in [1.54, 1.807) is 86.5 Å². The average Bonchev–Trinajstić information content (AvgIpc) is 3.66. The van der Waals surface area contributed by atoms with Crippen LogP contribution in [0.3, 0.4) is 0 Å². The van der Waals surface area contributed by atoms with Crippen LogP contribution in [-0.2, 0) is 63.2 Å². The average molecular weight is 1280 g/mol. The van der Waals surface area contributed by atoms with Crippen molar-refractivity contribution in [1.29, 1.82) is 10.8 Å². The van der Waals surface area contributed by atoms with Gasteiger partial charge in [-0.1, -0.05) is 48.5 Å². The zero-order valence-electron chi connectivity index (χ0n) is 47.2. The van der Waals surface area contributed by atoms with Gasteiger partial charge in [-0.3, -0.25) is 54.0 Å². The Balaban J connectivity index is 1.50. The van der Waals surface area contributed by atoms with E-state index in [0.29, 0.717) is 22.1 Å². The number of ketones is 3. The van der Waals surface area contributed by atoms with Crippen LogP contribution in [0.15, 0.2) is 82.6 Å². The van der Waals surface area contributed by atoms with Gasteiger partial charge in [-0.25, -0.2) is 16.8 Å². The fourth-order valence-corrected chi connectivity index (χ4v) is 12.3. The standard InChI is InChI=1S/C53H70Cl2N14O15S2/c1-68(2)37-17-5-13-31-29(37)11-7-19-39(31)85(81,82)66-35(21-23-43(72)73)50(79)62-27-41(70)64-33(15-9-25-60-52(56)57)47(76)45(54)49(78)46(55)48(77)34(16-10-26-61-53(58)59)65-42(71)28-63-51(80)36(22-24-44(74)75)67-86(83,84)40-20-8-12-30-32(40)14-6-18-38(30)69(3)4/h5-8,11-14,17-20,33-36,45-46,66-67H,9-10,15-16,21-28H2,1-4H3,(H,62,79)(H,63,80)(H,64,70)(H,65,71)(H,72,73)(H,74,75)(H4,56,57,60)(H4,58,59,61)/t33-,34-,35-,36-,45?,46?/m0/s1. The molecule has 0 saturated carbocycles. The summed E-state index contributed by atoms with van der Waals surface area (Å²) in [6, 6.07) is 12.0. The summed E-state index contributed by atoms with van der Waals surface area (Å²) in [5, 5.41) is 45.0. The Morgan fingerprint density at radius 3 is 1.16 bits per heavy atom. The highest BCUT2D eigenvalue weighted by Gasteiger charge is 2.40. The molecule has 86 heavy (non-hydrogen) atoms. The minimum absolute atomic E-state index is 0.0277. The Bertz CT molecular complexity index is 3230. The number of rotatable bonds is 36. The Labute approximate surface area is 505 Å². The summed E-state index contributed by atoms with van der Waals surface area (Å²) in [7, 11) is -2.10. The van der Waals surface area contributed by atoms with Crippen LogP contribution in [0.4, 0.5) is 11.4 Å². The molecule has 16 N–H and O–H groups in total. The highest BCUT2D eigenvalue weighted by Crippen LogP contribution is 2.32. The number of fused-ring (bicyclic) bond motifs is 2. The van der Waals surface area contributed by atoms with Gasteiger partial charge in [-0.2, -0.15) is 9.44 Å². The van der Waals surface area contributed by atoms with E-state index in [1.807, 2.05) is 0 Å². The Hall–Kier alpha value is -8.23. The third kappa shape index (κ3) is 20.5. The summed E-state index contributed by atoms with van der Waals surface area (Å²) >= 11 is 12.8. The molecular formula is C53H70Cl2N14O15S2. The SMILES string of the molecule is CN(C)c1cccc2c(S(=O)(=O)N[C@@H](CCC(=O)O)C(=O)NCC(=O)N[C@@H](CCCNC(=N)N)C(=O)C(Cl)C(=O)C(Cl)C(=O)[C@H](CCCNC(=N)N)NC(=O)CNC(=O)[C@H](CCC(=O)O)NS(=O)(=O)c3cccc4c(N(C)C)cccc34)cccc12. The first-order valence-corrected chi connectivity index (χ1v) is 30.3. The molecule has 0 spiro atoms. The van der Waals surface area contributed by atoms with Crippen molar-refractivity contribution in [2.24, 2.45) is 11.5 Å². The number of anilines is 2. The van der Waals surface area contributed by atoms with Gasteiger partial charge in [0.05, 0.1) is 35.0 Å². The van der Waals surface area contributed by atoms with E-state index in [4.69, 9.17) is 45.5 Å². The fourth-order valence-electron chi connectivity index (χ4n) is 8.77. The van der Waals surface area contributed by atoms with Gasteiger partial charge in [0.25, 0.3) is 0 Å². The van der Waals surface area contributed by atoms with E-state index in [1.165, 1.54) is 24.3 Å². The van der Waals surface area contributed by atoms with Crippen LogP contribution in [-0.4, -0.2) is 181 Å². The number of carbonyl (C=O) groups is 9. The molecule has 0 radical (unpaired) electrons. The quantitative estimate of drug-likeness (QED) is 0.00897. The van der Waals surface area contributed by atoms with Gasteiger partial charge < -0.3 is 63.4 Å². The van der Waals surface area contributed by atoms with E-state index in [9.17, 15) is 70.2 Å². The summed E-state index contributed by atoms with van der Waals surface area (Å²) in [4.78, 5) is 122. The number of aliphatic carboxylic acids is 2. The highest BCUT2D eigenvalue weighted by molar-refractivity contribution is 7.90. The zero-order chi connectivity index (χ0) is 64.2. The summed E-state index contributed by atoms with van der Waals surface area (Å²) in [5.74, 6) is -12.0. The Morgan fingerprint density at radius 2 is 0.837 bits per heavy atom. The number of nitrogens with zero attached hydrogens (tertiary/aromatic N) is 2. The number of carboxylic acids is 2. The van der Waals surface area contributed by atoms with Crippen LogP contribution in [0.5, 0.6) is 0 Å². The lowest BCUT2D eigenvalue weighted by Gasteiger charge is -2.24. The number of Topliss-reactive ketones (excluding diaryl/α,β-unsaturated/α-hetero) is 3. The highest BCUT2D eigenvalue weighted by atomic mass is 35.5. The molecule has 4 rings (SSSR count). The molecule has 4 aromatic rings. The molecule has 4 aromatic carbocycles. The van der Waals surface area contributed by atoms with Gasteiger partial charge in [0.15, 0.2) is 40.0 Å². The zero-order valence-corrected chi connectivity index (χ0v) is 50.3. The number of guanidine groups is 2. The Kier molecular flexibility index (Phi) is 26.4. The molecule has 0 saturated heterocycles. The van der Waals surface area contributed by atoms with E-state index in [0.717, 1.165) is 0 Å². The van der Waals surface area contributed by atoms with Crippen molar-refractivity contribution in [3.63, 3.8) is 0 Å². The molecule has 29 nitrogen and oxygen atoms in total. The summed E-state index contributed by atoms with van der Waals surface area (Å²) < 4.78 is 59.9. The molecule has 6 atom stereocenters. The van der Waals surface area contributed by atoms with Crippen LogP contribution in [0.2, 0.25) is 0 Å². The second-order valence-electron chi connectivity index (χ2n) is 19.8. The van der Waals surface area contributed by atoms with Gasteiger partial charge in [0.1, 0.15) is 12.1 Å². The second-order valence-corrected chi connectivity index (χ2v) is 24.1. The van der Waals surface area contributed by atoms with Crippen LogP contribution < -0.4 is 62.6 Å². The number of amides is 4. The van der Waals surface area contributed by atoms with Crippen LogP contribution in [0.1, 0.15) is 51.4 Å². The third-order valence-electron chi connectivity index (χ3n) is 13.0. The number of nitrogens with two attached hydrogens (primary N) is 2. The number of carbonyl (C=O) groups excluding carboxylic acids is 7. The molecule has 468 valence electrons. The van der Waals surface area contributed by atoms with Crippen molar-refractivity contribution in [2.75, 3.05) is 64.2 Å². The molecule has 0 fully saturated rings. The minimum Gasteiger partial charge on any atom is -0.481 e. The van der Waals surface area contributed by atoms with Crippen molar-refractivity contribution in [3.8, 4) is 0 Å². The molecule has 0 bridgehead atoms. The fraction of sp³-hybridized carbons (Fsp3) is 0.415. The first-order valence-electron chi connectivity index (χ1n) is 26.4. The van der Waals surface area contributed by atoms with Crippen molar-refractivity contribution < 1.29 is 70.2 Å². The molecule has 0 aliphatic carbocycles. The number of hydrogen-bond acceptors (Lipinski definition) is 17. The maximum absolute atomic E-state index is 14.0. The summed E-state index contributed by atoms with van der Waals surface area (Å²) in [6.45, 7) is -1.99. The molecule has 0 aromatic heterocycles. The molecule has 33 heteroatoms. The molecule has 0 aliphatic heterocycles. The normalized spacial score (nSPS) is 13.6. The maximum atomic E-state index is 14.0. The monoisotopic (exact) mass is 1280 g/mol. The third-order valence-corrected chi connectivity index (χ3v) is 16.9. The van der Waals surface area contributed by atoms with E-state index < -0.39 is 159 Å². The van der Waals surface area contributed by atoms with Gasteiger partial charge in [0.2, 0.25) is 43.7 Å². The largest absolute Gasteiger partial charge is 0.481 e. The number of alkyl halides is 2. The summed E-state index contributed by atoms with van der Waals surface area (Å²) in [6.07, 6.45) is -3.20. The van der Waals surface area contributed by atoms with Crippen molar-refractivity contribution >= 4 is 141 Å². The molecule has 4 amide bonds. The van der Waals surface area contributed by atoms with Crippen LogP contribution in [0, 0.1) is 10.8 Å². The van der Waals surface area contributed by atoms with Crippen molar-refractivity contribution in [2.45, 2.75) is 96.1 Å². The first kappa shape index (κ1) is 70.3. The van der Waals surface area contributed by atoms with E-state index in [2.05, 4.69) is 41.3 Å². The van der Waals surface area contributed by atoms with Gasteiger partial charge in [-0.15, -0.1) is 23.2 Å². The van der Waals surface area contributed by atoms with Gasteiger partial charge in [-0.05, 0) is 62.8 Å². The smallest absolute Gasteiger partial charge is 0.303 e. The number of sulfonamides is 2. The predicted molar refractivity (Wildman–Crippen MR) is 321 cm³/mol. The lowest BCUT2D eigenvalue weighted by molar-refractivity contribution is -0.138. The number of hydrogen-bond donors (Lipinski definition) is 14. The maximum Gasteiger partial charge on any atom is 0.303 e. The molecule has 2 unspecified atom stereocenters. The van der Waals surface area contributed by atoms with Gasteiger partial charge in [0, 0.05) is 87.0 Å². The predicted octanol–water partition coefficient (Wildman–Crippen LogP) is -0.501. The van der Waals surface area contributed by atoms with Crippen molar-refractivity contribution in [1.82, 2.24) is 41.3 Å². The molecule has 0 aliphatic rings. The van der Waals surface area contributed by atoms with Crippen molar-refractivity contribution in [3.05, 3.63) is 72.8 Å². The lowest BCUT2D eigenvalue weighted by Crippen LogP contribution is -2.54. The Morgan fingerprint density at radius 1 is 0.500 bits per heavy atom. The number of nitrogens with one attached hydrogen (secondary N) is 10. The first-order chi connectivity index (χ1) is 40.4. The van der Waals surface area contributed by atoms with Crippen LogP contribution in [0.25, 0.3) is 21.5 Å². The lowest BCUT2D eigenvalue weighted by atomic mass is 9.96. The molecule has 0 heterocycles. The number of benzene rings is 4. The number of carboxylic acid groups (broad SMARTS) is 2. The summed E-state index contributed by atoms with van der Waals surface area (Å²) in [5.41, 5.74) is 12.1. The van der Waals surface area contributed by atoms with E-state index in [-0.39, 0.29) is 59.3 Å². The second kappa shape index (κ2) is 32.3.